The molecule has 1 amide bonds. The van der Waals surface area contributed by atoms with Gasteiger partial charge in [-0.25, -0.2) is 13.5 Å². The van der Waals surface area contributed by atoms with Gasteiger partial charge < -0.3 is 10.1 Å². The summed E-state index contributed by atoms with van der Waals surface area (Å²) >= 11 is 0. The number of ether oxygens (including phenoxy) is 1. The highest BCUT2D eigenvalue weighted by atomic mass is 19.1. The lowest BCUT2D eigenvalue weighted by Gasteiger charge is -2.35. The number of amides is 1. The largest absolute Gasteiger partial charge is 0.497 e. The van der Waals surface area contributed by atoms with E-state index in [2.05, 4.69) is 15.3 Å². The first-order valence-electron chi connectivity index (χ1n) is 11.6. The molecule has 1 aliphatic heterocycles. The number of aromatic nitrogens is 2. The lowest BCUT2D eigenvalue weighted by Crippen LogP contribution is -2.40. The highest BCUT2D eigenvalue weighted by molar-refractivity contribution is 5.96. The Hall–Kier alpha value is -3.26. The van der Waals surface area contributed by atoms with E-state index in [1.807, 2.05) is 24.3 Å². The third-order valence-electron chi connectivity index (χ3n) is 6.44. The Morgan fingerprint density at radius 2 is 1.79 bits per heavy atom. The molecule has 1 N–H and O–H groups in total. The van der Waals surface area contributed by atoms with Crippen LogP contribution in [0.1, 0.15) is 52.6 Å². The zero-order valence-corrected chi connectivity index (χ0v) is 19.8. The van der Waals surface area contributed by atoms with E-state index in [4.69, 9.17) is 4.74 Å². The van der Waals surface area contributed by atoms with Gasteiger partial charge >= 0.3 is 0 Å². The molecule has 2 heterocycles. The second-order valence-corrected chi connectivity index (χ2v) is 8.65. The molecule has 1 saturated heterocycles. The molecule has 6 nitrogen and oxygen atoms in total. The molecule has 8 heteroatoms. The van der Waals surface area contributed by atoms with Gasteiger partial charge in [0.2, 0.25) is 0 Å². The number of aryl methyl sites for hydroxylation is 1. The minimum absolute atomic E-state index is 0.0281. The number of methoxy groups -OCH3 is 1. The summed E-state index contributed by atoms with van der Waals surface area (Å²) in [5.74, 6) is -0.874. The van der Waals surface area contributed by atoms with E-state index in [1.54, 1.807) is 21.0 Å². The van der Waals surface area contributed by atoms with E-state index >= 15 is 0 Å². The zero-order chi connectivity index (χ0) is 24.2. The molecule has 0 radical (unpaired) electrons. The molecule has 180 valence electrons. The number of benzene rings is 2. The highest BCUT2D eigenvalue weighted by Gasteiger charge is 2.25. The number of piperidine rings is 1. The van der Waals surface area contributed by atoms with Crippen LogP contribution < -0.4 is 10.1 Å². The zero-order valence-electron chi connectivity index (χ0n) is 19.8. The molecule has 0 aliphatic carbocycles. The summed E-state index contributed by atoms with van der Waals surface area (Å²) in [5, 5.41) is 7.43. The van der Waals surface area contributed by atoms with Crippen molar-refractivity contribution in [2.75, 3.05) is 26.7 Å². The van der Waals surface area contributed by atoms with Crippen molar-refractivity contribution in [3.05, 3.63) is 76.6 Å². The monoisotopic (exact) mass is 468 g/mol. The number of hydrogen-bond acceptors (Lipinski definition) is 4. The first-order valence-corrected chi connectivity index (χ1v) is 11.6. The van der Waals surface area contributed by atoms with Crippen molar-refractivity contribution in [2.24, 2.45) is 0 Å². The molecule has 1 unspecified atom stereocenters. The number of nitrogens with one attached hydrogen (secondary N) is 1. The number of carbonyl (C=O) groups excluding carboxylic acids is 1. The smallest absolute Gasteiger partial charge is 0.255 e. The van der Waals surface area contributed by atoms with Gasteiger partial charge in [0.05, 0.1) is 30.1 Å². The molecule has 3 aromatic rings. The Balaban J connectivity index is 1.56. The van der Waals surface area contributed by atoms with Crippen molar-refractivity contribution in [3.8, 4) is 11.4 Å². The SMILES string of the molecule is COc1ccc(C(CNC(=O)c2c(C)nn(-c3ccc(F)cc3F)c2C)N2CCCCC2)cc1. The topological polar surface area (TPSA) is 59.4 Å². The van der Waals surface area contributed by atoms with Crippen molar-refractivity contribution in [3.63, 3.8) is 0 Å². The molecule has 2 aromatic carbocycles. The Labute approximate surface area is 198 Å². The van der Waals surface area contributed by atoms with Crippen LogP contribution >= 0.6 is 0 Å². The minimum atomic E-state index is -0.734. The number of hydrogen-bond donors (Lipinski definition) is 1. The van der Waals surface area contributed by atoms with Crippen molar-refractivity contribution < 1.29 is 18.3 Å². The van der Waals surface area contributed by atoms with Crippen LogP contribution in [0.5, 0.6) is 5.75 Å². The lowest BCUT2D eigenvalue weighted by molar-refractivity contribution is 0.0923. The first-order chi connectivity index (χ1) is 16.4. The van der Waals surface area contributed by atoms with E-state index < -0.39 is 11.6 Å². The molecule has 1 aromatic heterocycles. The normalized spacial score (nSPS) is 15.2. The Morgan fingerprint density at radius 1 is 1.09 bits per heavy atom. The Kier molecular flexibility index (Phi) is 7.26. The first kappa shape index (κ1) is 23.9. The van der Waals surface area contributed by atoms with Crippen LogP contribution in [0.3, 0.4) is 0 Å². The molecule has 1 atom stereocenters. The maximum Gasteiger partial charge on any atom is 0.255 e. The van der Waals surface area contributed by atoms with Gasteiger partial charge in [-0.05, 0) is 69.6 Å². The van der Waals surface area contributed by atoms with Crippen LogP contribution in [0, 0.1) is 25.5 Å². The van der Waals surface area contributed by atoms with E-state index in [-0.39, 0.29) is 17.6 Å². The molecule has 0 saturated carbocycles. The van der Waals surface area contributed by atoms with Crippen LogP contribution in [0.4, 0.5) is 8.78 Å². The van der Waals surface area contributed by atoms with Crippen molar-refractivity contribution in [1.29, 1.82) is 0 Å². The fourth-order valence-corrected chi connectivity index (χ4v) is 4.65. The predicted molar refractivity (Wildman–Crippen MR) is 126 cm³/mol. The number of rotatable bonds is 7. The van der Waals surface area contributed by atoms with Gasteiger partial charge in [-0.15, -0.1) is 0 Å². The summed E-state index contributed by atoms with van der Waals surface area (Å²) in [4.78, 5) is 15.6. The van der Waals surface area contributed by atoms with Gasteiger partial charge in [-0.1, -0.05) is 18.6 Å². The molecule has 0 spiro atoms. The highest BCUT2D eigenvalue weighted by Crippen LogP contribution is 2.27. The van der Waals surface area contributed by atoms with E-state index in [1.165, 1.54) is 23.2 Å². The van der Waals surface area contributed by atoms with Crippen LogP contribution in [-0.2, 0) is 0 Å². The average molecular weight is 469 g/mol. The molecule has 1 aliphatic rings. The third kappa shape index (κ3) is 4.97. The third-order valence-corrected chi connectivity index (χ3v) is 6.44. The van der Waals surface area contributed by atoms with Crippen LogP contribution in [0.25, 0.3) is 5.69 Å². The summed E-state index contributed by atoms with van der Waals surface area (Å²) in [5.41, 5.74) is 2.60. The Morgan fingerprint density at radius 3 is 2.44 bits per heavy atom. The summed E-state index contributed by atoms with van der Waals surface area (Å²) in [6.07, 6.45) is 3.49. The maximum absolute atomic E-state index is 14.3. The second-order valence-electron chi connectivity index (χ2n) is 8.65. The number of halogens is 2. The summed E-state index contributed by atoms with van der Waals surface area (Å²) < 4.78 is 34.3. The molecule has 4 rings (SSSR count). The average Bonchev–Trinajstić information content (AvgIpc) is 3.13. The lowest BCUT2D eigenvalue weighted by atomic mass is 10.0. The molecule has 1 fully saturated rings. The second kappa shape index (κ2) is 10.3. The van der Waals surface area contributed by atoms with Crippen molar-refractivity contribution >= 4 is 5.91 Å². The number of carbonyl (C=O) groups is 1. The van der Waals surface area contributed by atoms with Gasteiger partial charge in [0.1, 0.15) is 17.3 Å². The predicted octanol–water partition coefficient (Wildman–Crippen LogP) is 4.73. The standard InChI is InChI=1S/C26H30F2N4O2/c1-17-25(18(2)32(30-17)23-12-9-20(27)15-22(23)28)26(33)29-16-24(31-13-5-4-6-14-31)19-7-10-21(34-3)11-8-19/h7-12,15,24H,4-6,13-14,16H2,1-3H3,(H,29,33). The van der Waals surface area contributed by atoms with Gasteiger partial charge in [0.25, 0.3) is 5.91 Å². The van der Waals surface area contributed by atoms with Gasteiger partial charge in [-0.2, -0.15) is 5.10 Å². The van der Waals surface area contributed by atoms with Crippen molar-refractivity contribution in [2.45, 2.75) is 39.2 Å². The minimum Gasteiger partial charge on any atom is -0.497 e. The molecular weight excluding hydrogens is 438 g/mol. The van der Waals surface area contributed by atoms with Crippen LogP contribution in [0.15, 0.2) is 42.5 Å². The molecule has 0 bridgehead atoms. The number of likely N-dealkylation sites (tertiary alicyclic amines) is 1. The van der Waals surface area contributed by atoms with E-state index in [0.717, 1.165) is 43.3 Å². The van der Waals surface area contributed by atoms with Crippen LogP contribution in [-0.4, -0.2) is 47.3 Å². The summed E-state index contributed by atoms with van der Waals surface area (Å²) in [6, 6.07) is 11.3. The van der Waals surface area contributed by atoms with Gasteiger partial charge in [-0.3, -0.25) is 9.69 Å². The Bertz CT molecular complexity index is 1150. The van der Waals surface area contributed by atoms with Crippen molar-refractivity contribution in [1.82, 2.24) is 20.0 Å². The summed E-state index contributed by atoms with van der Waals surface area (Å²) in [7, 11) is 1.64. The van der Waals surface area contributed by atoms with E-state index in [0.29, 0.717) is 23.5 Å². The maximum atomic E-state index is 14.3. The molecular formula is C26H30F2N4O2. The molecule has 34 heavy (non-hydrogen) atoms. The quantitative estimate of drug-likeness (QED) is 0.545. The fourth-order valence-electron chi connectivity index (χ4n) is 4.65. The fraction of sp³-hybridized carbons (Fsp3) is 0.385. The number of nitrogens with zero attached hydrogens (tertiary/aromatic N) is 3. The van der Waals surface area contributed by atoms with Gasteiger partial charge in [0, 0.05) is 12.6 Å². The summed E-state index contributed by atoms with van der Waals surface area (Å²) in [6.45, 7) is 5.81. The van der Waals surface area contributed by atoms with E-state index in [9.17, 15) is 13.6 Å². The van der Waals surface area contributed by atoms with Gasteiger partial charge in [0.15, 0.2) is 5.82 Å². The van der Waals surface area contributed by atoms with Crippen LogP contribution in [0.2, 0.25) is 0 Å².